The zero-order chi connectivity index (χ0) is 22.5. The highest BCUT2D eigenvalue weighted by atomic mass is 35.5. The van der Waals surface area contributed by atoms with Gasteiger partial charge in [-0.1, -0.05) is 17.7 Å². The second-order valence-corrected chi connectivity index (χ2v) is 8.33. The topological polar surface area (TPSA) is 114 Å². The van der Waals surface area contributed by atoms with Crippen LogP contribution in [0.25, 0.3) is 0 Å². The van der Waals surface area contributed by atoms with E-state index >= 15 is 0 Å². The molecule has 0 aliphatic carbocycles. The number of allylic oxidation sites excluding steroid dienone is 2. The first kappa shape index (κ1) is 23.4. The Morgan fingerprint density at radius 2 is 2.03 bits per heavy atom. The van der Waals surface area contributed by atoms with Gasteiger partial charge in [-0.25, -0.2) is 19.0 Å². The Labute approximate surface area is 181 Å². The van der Waals surface area contributed by atoms with Gasteiger partial charge >= 0.3 is 0 Å². The highest BCUT2D eigenvalue weighted by Gasteiger charge is 2.16. The van der Waals surface area contributed by atoms with E-state index in [-0.39, 0.29) is 21.6 Å². The lowest BCUT2D eigenvalue weighted by molar-refractivity contribution is 0.395. The van der Waals surface area contributed by atoms with Crippen LogP contribution < -0.4 is 14.8 Å². The van der Waals surface area contributed by atoms with Gasteiger partial charge in [-0.2, -0.15) is 4.40 Å². The van der Waals surface area contributed by atoms with Crippen molar-refractivity contribution < 1.29 is 13.7 Å². The van der Waals surface area contributed by atoms with E-state index in [2.05, 4.69) is 19.7 Å². The zero-order valence-electron chi connectivity index (χ0n) is 17.7. The molecule has 0 spiro atoms. The number of hydrogen-bond donors (Lipinski definition) is 2. The van der Waals surface area contributed by atoms with E-state index in [9.17, 15) is 4.21 Å². The van der Waals surface area contributed by atoms with Crippen LogP contribution >= 0.6 is 11.6 Å². The molecular weight excluding hydrogens is 428 g/mol. The van der Waals surface area contributed by atoms with Gasteiger partial charge in [0.1, 0.15) is 16.5 Å². The van der Waals surface area contributed by atoms with Gasteiger partial charge in [0.15, 0.2) is 20.8 Å². The third-order valence-electron chi connectivity index (χ3n) is 4.00. The van der Waals surface area contributed by atoms with Crippen LogP contribution in [-0.4, -0.2) is 39.5 Å². The SMILES string of the molecule is CC=C(C)NC(=Nc1cc(OC)cc(OC)c1Cl)C(C)=NS(=N)(=O)c1cn(C)cn1. The summed E-state index contributed by atoms with van der Waals surface area (Å²) >= 11 is 6.41. The molecule has 0 saturated heterocycles. The van der Waals surface area contributed by atoms with Crippen molar-refractivity contribution in [2.45, 2.75) is 25.8 Å². The van der Waals surface area contributed by atoms with Gasteiger partial charge in [0, 0.05) is 31.1 Å². The van der Waals surface area contributed by atoms with E-state index in [4.69, 9.17) is 25.9 Å². The predicted octanol–water partition coefficient (Wildman–Crippen LogP) is 4.12. The van der Waals surface area contributed by atoms with Crippen molar-refractivity contribution in [3.8, 4) is 11.5 Å². The number of hydrogen-bond acceptors (Lipinski definition) is 6. The molecule has 1 aromatic carbocycles. The number of nitrogens with zero attached hydrogens (tertiary/aromatic N) is 4. The minimum atomic E-state index is -3.52. The molecular formula is C19H25ClN6O3S. The molecule has 0 fully saturated rings. The molecule has 1 atom stereocenters. The molecule has 162 valence electrons. The maximum atomic E-state index is 12.8. The molecule has 9 nitrogen and oxygen atoms in total. The van der Waals surface area contributed by atoms with Crippen molar-refractivity contribution >= 4 is 38.8 Å². The van der Waals surface area contributed by atoms with E-state index in [1.807, 2.05) is 19.9 Å². The normalized spacial score (nSPS) is 15.0. The van der Waals surface area contributed by atoms with Crippen molar-refractivity contribution in [3.05, 3.63) is 41.5 Å². The number of imidazole rings is 1. The highest BCUT2D eigenvalue weighted by Crippen LogP contribution is 2.38. The van der Waals surface area contributed by atoms with Crippen molar-refractivity contribution in [2.24, 2.45) is 16.4 Å². The average molecular weight is 453 g/mol. The average Bonchev–Trinajstić information content (AvgIpc) is 3.15. The van der Waals surface area contributed by atoms with Crippen molar-refractivity contribution in [1.82, 2.24) is 14.9 Å². The van der Waals surface area contributed by atoms with E-state index in [0.717, 1.165) is 5.70 Å². The summed E-state index contributed by atoms with van der Waals surface area (Å²) < 4.78 is 37.3. The smallest absolute Gasteiger partial charge is 0.196 e. The third-order valence-corrected chi connectivity index (χ3v) is 5.69. The minimum absolute atomic E-state index is 0.0625. The lowest BCUT2D eigenvalue weighted by atomic mass is 10.2. The fraction of sp³-hybridized carbons (Fsp3) is 0.316. The van der Waals surface area contributed by atoms with Crippen LogP contribution in [0.15, 0.2) is 50.8 Å². The Kier molecular flexibility index (Phi) is 7.63. The summed E-state index contributed by atoms with van der Waals surface area (Å²) in [6.07, 6.45) is 4.80. The van der Waals surface area contributed by atoms with Gasteiger partial charge in [-0.05, 0) is 20.8 Å². The highest BCUT2D eigenvalue weighted by molar-refractivity contribution is 7.91. The van der Waals surface area contributed by atoms with E-state index in [1.54, 1.807) is 30.7 Å². The largest absolute Gasteiger partial charge is 0.497 e. The molecule has 0 aliphatic heterocycles. The van der Waals surface area contributed by atoms with Crippen LogP contribution in [0.3, 0.4) is 0 Å². The number of aromatic nitrogens is 2. The summed E-state index contributed by atoms with van der Waals surface area (Å²) in [4.78, 5) is 8.54. The maximum absolute atomic E-state index is 12.8. The molecule has 11 heteroatoms. The van der Waals surface area contributed by atoms with Crippen molar-refractivity contribution in [1.29, 1.82) is 4.78 Å². The van der Waals surface area contributed by atoms with Crippen LogP contribution in [0.5, 0.6) is 11.5 Å². The number of benzene rings is 1. The molecule has 0 aliphatic rings. The van der Waals surface area contributed by atoms with Gasteiger partial charge < -0.3 is 19.4 Å². The second kappa shape index (κ2) is 9.77. The summed E-state index contributed by atoms with van der Waals surface area (Å²) in [5.74, 6) is 1.17. The summed E-state index contributed by atoms with van der Waals surface area (Å²) in [5, 5.41) is 3.44. The Hall–Kier alpha value is -2.85. The summed E-state index contributed by atoms with van der Waals surface area (Å²) in [6.45, 7) is 5.31. The van der Waals surface area contributed by atoms with Crippen LogP contribution in [0.1, 0.15) is 20.8 Å². The number of halogens is 1. The molecule has 2 aromatic rings. The molecule has 0 radical (unpaired) electrons. The van der Waals surface area contributed by atoms with Gasteiger partial charge in [0.05, 0.1) is 31.9 Å². The van der Waals surface area contributed by atoms with Gasteiger partial charge in [0.25, 0.3) is 0 Å². The van der Waals surface area contributed by atoms with Crippen LogP contribution in [-0.2, 0) is 17.0 Å². The molecule has 2 N–H and O–H groups in total. The first-order valence-corrected chi connectivity index (χ1v) is 10.7. The lowest BCUT2D eigenvalue weighted by Gasteiger charge is -2.13. The van der Waals surface area contributed by atoms with Crippen molar-refractivity contribution in [3.63, 3.8) is 0 Å². The number of methoxy groups -OCH3 is 2. The van der Waals surface area contributed by atoms with Crippen LogP contribution in [0, 0.1) is 4.78 Å². The number of amidine groups is 1. The molecule has 0 bridgehead atoms. The molecule has 1 unspecified atom stereocenters. The summed E-state index contributed by atoms with van der Waals surface area (Å²) in [6, 6.07) is 3.28. The number of aliphatic imine (C=N–C) groups is 1. The fourth-order valence-corrected chi connectivity index (χ4v) is 3.59. The van der Waals surface area contributed by atoms with Crippen LogP contribution in [0.2, 0.25) is 5.02 Å². The second-order valence-electron chi connectivity index (χ2n) is 6.30. The quantitative estimate of drug-likeness (QED) is 0.484. The Bertz CT molecular complexity index is 1120. The number of aryl methyl sites for hydroxylation is 1. The fourth-order valence-electron chi connectivity index (χ4n) is 2.30. The Balaban J connectivity index is 2.61. The Morgan fingerprint density at radius 3 is 2.57 bits per heavy atom. The first-order valence-electron chi connectivity index (χ1n) is 8.85. The van der Waals surface area contributed by atoms with Gasteiger partial charge in [0.2, 0.25) is 0 Å². The maximum Gasteiger partial charge on any atom is 0.196 e. The molecule has 2 rings (SSSR count). The standard InChI is InChI=1S/C19H25ClN6O3S/c1-7-12(2)23-19(13(3)25-30(21,27)17-10-26(4)11-22-17)24-15-8-14(28-5)9-16(29-6)18(15)20/h7-11,21H,1-6H3,(H,23,24). The monoisotopic (exact) mass is 452 g/mol. The summed E-state index contributed by atoms with van der Waals surface area (Å²) in [7, 11) is 1.22. The molecule has 1 heterocycles. The van der Waals surface area contributed by atoms with Gasteiger partial charge in [-0.15, -0.1) is 0 Å². The molecule has 30 heavy (non-hydrogen) atoms. The van der Waals surface area contributed by atoms with Crippen LogP contribution in [0.4, 0.5) is 5.69 Å². The van der Waals surface area contributed by atoms with E-state index < -0.39 is 9.92 Å². The van der Waals surface area contributed by atoms with Crippen molar-refractivity contribution in [2.75, 3.05) is 14.2 Å². The lowest BCUT2D eigenvalue weighted by Crippen LogP contribution is -2.28. The number of nitrogens with one attached hydrogen (secondary N) is 2. The minimum Gasteiger partial charge on any atom is -0.497 e. The van der Waals surface area contributed by atoms with E-state index in [0.29, 0.717) is 17.2 Å². The Morgan fingerprint density at radius 1 is 1.33 bits per heavy atom. The molecule has 0 saturated carbocycles. The van der Waals surface area contributed by atoms with E-state index in [1.165, 1.54) is 26.7 Å². The number of rotatable bonds is 7. The first-order chi connectivity index (χ1) is 14.1. The predicted molar refractivity (Wildman–Crippen MR) is 120 cm³/mol. The molecule has 1 aromatic heterocycles. The molecule has 0 amide bonds. The third kappa shape index (κ3) is 5.61. The summed E-state index contributed by atoms with van der Waals surface area (Å²) in [5.41, 5.74) is 1.39. The zero-order valence-corrected chi connectivity index (χ0v) is 19.3. The number of ether oxygens (including phenoxy) is 2. The van der Waals surface area contributed by atoms with Gasteiger partial charge in [-0.3, -0.25) is 0 Å².